The number of carbonyl (C=O) groups is 1. The van der Waals surface area contributed by atoms with E-state index in [-0.39, 0.29) is 0 Å². The molecule has 0 saturated carbocycles. The first-order valence-corrected chi connectivity index (χ1v) is 6.42. The van der Waals surface area contributed by atoms with Gasteiger partial charge < -0.3 is 4.40 Å². The predicted molar refractivity (Wildman–Crippen MR) is 69.8 cm³/mol. The van der Waals surface area contributed by atoms with Crippen molar-refractivity contribution in [1.82, 2.24) is 14.3 Å². The van der Waals surface area contributed by atoms with Crippen molar-refractivity contribution >= 4 is 11.9 Å². The number of fused-ring (bicyclic) bond motifs is 1. The summed E-state index contributed by atoms with van der Waals surface area (Å²) in [7, 11) is 2.16. The number of pyridine rings is 1. The summed E-state index contributed by atoms with van der Waals surface area (Å²) < 4.78 is 1.99. The van der Waals surface area contributed by atoms with E-state index in [1.165, 1.54) is 19.3 Å². The molecule has 18 heavy (non-hydrogen) atoms. The summed E-state index contributed by atoms with van der Waals surface area (Å²) in [4.78, 5) is 17.8. The van der Waals surface area contributed by atoms with Gasteiger partial charge in [0.05, 0.1) is 11.7 Å². The molecule has 0 aliphatic carbocycles. The first-order valence-electron chi connectivity index (χ1n) is 6.42. The third kappa shape index (κ3) is 1.93. The summed E-state index contributed by atoms with van der Waals surface area (Å²) in [6, 6.07) is 4.06. The van der Waals surface area contributed by atoms with Crippen LogP contribution in [-0.4, -0.2) is 34.2 Å². The molecule has 0 bridgehead atoms. The molecule has 0 N–H and O–H groups in total. The molecule has 0 radical (unpaired) electrons. The van der Waals surface area contributed by atoms with Crippen LogP contribution in [0.4, 0.5) is 0 Å². The van der Waals surface area contributed by atoms with E-state index in [2.05, 4.69) is 23.1 Å². The highest BCUT2D eigenvalue weighted by Crippen LogP contribution is 2.28. The fraction of sp³-hybridized carbons (Fsp3) is 0.429. The topological polar surface area (TPSA) is 37.6 Å². The van der Waals surface area contributed by atoms with Crippen LogP contribution in [0.25, 0.3) is 5.65 Å². The molecular weight excluding hydrogens is 226 g/mol. The van der Waals surface area contributed by atoms with E-state index in [0.717, 1.165) is 24.2 Å². The molecule has 1 fully saturated rings. The standard InChI is InChI=1S/C14H17N3O/c1-16-6-3-2-4-13(16)12-9-17-7-5-11(10-18)8-14(17)15-12/h5,7-10,13H,2-4,6H2,1H3. The van der Waals surface area contributed by atoms with Gasteiger partial charge in [-0.15, -0.1) is 0 Å². The Morgan fingerprint density at radius 2 is 2.33 bits per heavy atom. The van der Waals surface area contributed by atoms with Gasteiger partial charge in [-0.3, -0.25) is 9.69 Å². The van der Waals surface area contributed by atoms with Crippen molar-refractivity contribution in [3.05, 3.63) is 35.8 Å². The molecule has 1 unspecified atom stereocenters. The molecular formula is C14H17N3O. The molecule has 0 spiro atoms. The highest BCUT2D eigenvalue weighted by atomic mass is 16.1. The Labute approximate surface area is 106 Å². The Morgan fingerprint density at radius 1 is 1.44 bits per heavy atom. The molecule has 2 aromatic rings. The number of hydrogen-bond donors (Lipinski definition) is 0. The molecule has 1 aliphatic heterocycles. The number of rotatable bonds is 2. The highest BCUT2D eigenvalue weighted by Gasteiger charge is 2.22. The number of imidazole rings is 1. The van der Waals surface area contributed by atoms with Gasteiger partial charge in [0, 0.05) is 18.0 Å². The Bertz CT molecular complexity index is 575. The summed E-state index contributed by atoms with van der Waals surface area (Å²) in [5.74, 6) is 0. The maximum Gasteiger partial charge on any atom is 0.150 e. The van der Waals surface area contributed by atoms with Crippen molar-refractivity contribution in [2.24, 2.45) is 0 Å². The lowest BCUT2D eigenvalue weighted by molar-refractivity contribution is 0.112. The molecule has 1 saturated heterocycles. The Balaban J connectivity index is 1.99. The van der Waals surface area contributed by atoms with Gasteiger partial charge in [-0.2, -0.15) is 0 Å². The Morgan fingerprint density at radius 3 is 3.11 bits per heavy atom. The van der Waals surface area contributed by atoms with Crippen LogP contribution in [-0.2, 0) is 0 Å². The number of aldehydes is 1. The van der Waals surface area contributed by atoms with Gasteiger partial charge in [0.1, 0.15) is 11.9 Å². The van der Waals surface area contributed by atoms with Crippen LogP contribution < -0.4 is 0 Å². The maximum atomic E-state index is 10.8. The van der Waals surface area contributed by atoms with Gasteiger partial charge >= 0.3 is 0 Å². The molecule has 94 valence electrons. The molecule has 2 aromatic heterocycles. The lowest BCUT2D eigenvalue weighted by Gasteiger charge is -2.31. The summed E-state index contributed by atoms with van der Waals surface area (Å²) in [6.07, 6.45) is 8.55. The number of likely N-dealkylation sites (tertiary alicyclic amines) is 1. The summed E-state index contributed by atoms with van der Waals surface area (Å²) >= 11 is 0. The van der Waals surface area contributed by atoms with Crippen LogP contribution in [0.1, 0.15) is 41.4 Å². The second kappa shape index (κ2) is 4.53. The lowest BCUT2D eigenvalue weighted by atomic mass is 10.0. The maximum absolute atomic E-state index is 10.8. The zero-order valence-electron chi connectivity index (χ0n) is 10.5. The largest absolute Gasteiger partial charge is 0.307 e. The number of nitrogens with zero attached hydrogens (tertiary/aromatic N) is 3. The van der Waals surface area contributed by atoms with Gasteiger partial charge in [-0.05, 0) is 38.6 Å². The zero-order valence-corrected chi connectivity index (χ0v) is 10.5. The van der Waals surface area contributed by atoms with Crippen LogP contribution >= 0.6 is 0 Å². The molecule has 4 heteroatoms. The quantitative estimate of drug-likeness (QED) is 0.760. The van der Waals surface area contributed by atoms with Crippen LogP contribution in [0.15, 0.2) is 24.5 Å². The van der Waals surface area contributed by atoms with E-state index in [1.54, 1.807) is 0 Å². The van der Waals surface area contributed by atoms with Crippen molar-refractivity contribution in [3.8, 4) is 0 Å². The smallest absolute Gasteiger partial charge is 0.150 e. The second-order valence-electron chi connectivity index (χ2n) is 5.00. The van der Waals surface area contributed by atoms with E-state index in [1.807, 2.05) is 22.7 Å². The number of aromatic nitrogens is 2. The number of hydrogen-bond acceptors (Lipinski definition) is 3. The normalized spacial score (nSPS) is 21.3. The second-order valence-corrected chi connectivity index (χ2v) is 5.00. The number of piperidine rings is 1. The Hall–Kier alpha value is -1.68. The fourth-order valence-corrected chi connectivity index (χ4v) is 2.70. The van der Waals surface area contributed by atoms with Crippen molar-refractivity contribution in [3.63, 3.8) is 0 Å². The average molecular weight is 243 g/mol. The highest BCUT2D eigenvalue weighted by molar-refractivity contribution is 5.76. The molecule has 3 rings (SSSR count). The third-order valence-corrected chi connectivity index (χ3v) is 3.75. The van der Waals surface area contributed by atoms with E-state index in [9.17, 15) is 4.79 Å². The number of carbonyl (C=O) groups excluding carboxylic acids is 1. The molecule has 0 aromatic carbocycles. The van der Waals surface area contributed by atoms with Gasteiger partial charge in [0.15, 0.2) is 0 Å². The predicted octanol–water partition coefficient (Wildman–Crippen LogP) is 2.30. The van der Waals surface area contributed by atoms with E-state index in [0.29, 0.717) is 11.6 Å². The van der Waals surface area contributed by atoms with Gasteiger partial charge in [-0.1, -0.05) is 6.42 Å². The monoisotopic (exact) mass is 243 g/mol. The zero-order chi connectivity index (χ0) is 12.5. The average Bonchev–Trinajstić information content (AvgIpc) is 2.81. The van der Waals surface area contributed by atoms with Crippen LogP contribution in [0.5, 0.6) is 0 Å². The lowest BCUT2D eigenvalue weighted by Crippen LogP contribution is -2.29. The van der Waals surface area contributed by atoms with Crippen molar-refractivity contribution < 1.29 is 4.79 Å². The van der Waals surface area contributed by atoms with E-state index in [4.69, 9.17) is 0 Å². The van der Waals surface area contributed by atoms with Crippen molar-refractivity contribution in [1.29, 1.82) is 0 Å². The Kier molecular flexibility index (Phi) is 2.88. The van der Waals surface area contributed by atoms with E-state index >= 15 is 0 Å². The van der Waals surface area contributed by atoms with Gasteiger partial charge in [0.25, 0.3) is 0 Å². The van der Waals surface area contributed by atoms with Gasteiger partial charge in [0.2, 0.25) is 0 Å². The summed E-state index contributed by atoms with van der Waals surface area (Å²) in [6.45, 7) is 1.14. The van der Waals surface area contributed by atoms with E-state index < -0.39 is 0 Å². The first-order chi connectivity index (χ1) is 8.78. The van der Waals surface area contributed by atoms with Crippen molar-refractivity contribution in [2.75, 3.05) is 13.6 Å². The van der Waals surface area contributed by atoms with Crippen LogP contribution in [0, 0.1) is 0 Å². The van der Waals surface area contributed by atoms with Crippen LogP contribution in [0.2, 0.25) is 0 Å². The SMILES string of the molecule is CN1CCCCC1c1cn2ccc(C=O)cc2n1. The minimum atomic E-state index is 0.415. The fourth-order valence-electron chi connectivity index (χ4n) is 2.70. The van der Waals surface area contributed by atoms with Crippen molar-refractivity contribution in [2.45, 2.75) is 25.3 Å². The molecule has 0 amide bonds. The van der Waals surface area contributed by atoms with Crippen LogP contribution in [0.3, 0.4) is 0 Å². The molecule has 1 atom stereocenters. The minimum Gasteiger partial charge on any atom is -0.307 e. The molecule has 1 aliphatic rings. The van der Waals surface area contributed by atoms with Gasteiger partial charge in [-0.25, -0.2) is 4.98 Å². The third-order valence-electron chi connectivity index (χ3n) is 3.75. The summed E-state index contributed by atoms with van der Waals surface area (Å²) in [5.41, 5.74) is 2.64. The molecule has 4 nitrogen and oxygen atoms in total. The summed E-state index contributed by atoms with van der Waals surface area (Å²) in [5, 5.41) is 0. The molecule has 3 heterocycles. The minimum absolute atomic E-state index is 0.415. The first kappa shape index (κ1) is 11.4.